The number of phenols is 1. The molecule has 1 unspecified atom stereocenters. The van der Waals surface area contributed by atoms with Gasteiger partial charge in [0.1, 0.15) is 18.1 Å². The van der Waals surface area contributed by atoms with E-state index in [9.17, 15) is 14.7 Å². The van der Waals surface area contributed by atoms with Gasteiger partial charge in [0.25, 0.3) is 0 Å². The van der Waals surface area contributed by atoms with Gasteiger partial charge in [0, 0.05) is 11.6 Å². The SMILES string of the molecule is Cc1cc(C=O)cc(C)c1O.NC1CCCCC1.NCCCCC(N)C(=O)O. The van der Waals surface area contributed by atoms with Crippen LogP contribution in [0.25, 0.3) is 0 Å². The molecule has 0 saturated heterocycles. The van der Waals surface area contributed by atoms with Gasteiger partial charge in [-0.15, -0.1) is 0 Å². The van der Waals surface area contributed by atoms with Crippen LogP contribution in [-0.4, -0.2) is 41.1 Å². The van der Waals surface area contributed by atoms with E-state index >= 15 is 0 Å². The lowest BCUT2D eigenvalue weighted by atomic mass is 9.97. The highest BCUT2D eigenvalue weighted by atomic mass is 16.4. The molecule has 1 saturated carbocycles. The zero-order chi connectivity index (χ0) is 21.5. The van der Waals surface area contributed by atoms with E-state index in [-0.39, 0.29) is 5.75 Å². The summed E-state index contributed by atoms with van der Waals surface area (Å²) in [6.45, 7) is 4.15. The fraction of sp³-hybridized carbons (Fsp3) is 0.619. The summed E-state index contributed by atoms with van der Waals surface area (Å²) in [4.78, 5) is 20.5. The topological polar surface area (TPSA) is 153 Å². The molecule has 160 valence electrons. The third-order valence-corrected chi connectivity index (χ3v) is 4.59. The number of aromatic hydroxyl groups is 1. The van der Waals surface area contributed by atoms with Crippen molar-refractivity contribution < 1.29 is 19.8 Å². The second-order valence-electron chi connectivity index (χ2n) is 7.25. The molecule has 1 aliphatic carbocycles. The number of carbonyl (C=O) groups excluding carboxylic acids is 1. The molecule has 8 N–H and O–H groups in total. The first-order valence-electron chi connectivity index (χ1n) is 9.92. The molecule has 0 heterocycles. The first kappa shape index (κ1) is 26.0. The molecule has 0 aromatic heterocycles. The van der Waals surface area contributed by atoms with Gasteiger partial charge in [-0.3, -0.25) is 9.59 Å². The number of unbranched alkanes of at least 4 members (excludes halogenated alkanes) is 1. The predicted molar refractivity (Wildman–Crippen MR) is 113 cm³/mol. The molecule has 0 bridgehead atoms. The van der Waals surface area contributed by atoms with Crippen molar-refractivity contribution in [1.29, 1.82) is 0 Å². The van der Waals surface area contributed by atoms with Gasteiger partial charge < -0.3 is 27.4 Å². The quantitative estimate of drug-likeness (QED) is 0.366. The number of hydrogen-bond donors (Lipinski definition) is 5. The van der Waals surface area contributed by atoms with Crippen molar-refractivity contribution >= 4 is 12.3 Å². The minimum atomic E-state index is -0.933. The molecule has 1 fully saturated rings. The summed E-state index contributed by atoms with van der Waals surface area (Å²) >= 11 is 0. The molecule has 7 heteroatoms. The summed E-state index contributed by atoms with van der Waals surface area (Å²) in [6, 6.07) is 3.14. The van der Waals surface area contributed by atoms with Crippen molar-refractivity contribution in [2.75, 3.05) is 6.54 Å². The van der Waals surface area contributed by atoms with E-state index < -0.39 is 12.0 Å². The van der Waals surface area contributed by atoms with E-state index in [1.165, 1.54) is 32.1 Å². The molecule has 7 nitrogen and oxygen atoms in total. The Morgan fingerprint density at radius 2 is 1.71 bits per heavy atom. The van der Waals surface area contributed by atoms with Crippen molar-refractivity contribution in [2.45, 2.75) is 77.3 Å². The molecule has 2 rings (SSSR count). The second-order valence-corrected chi connectivity index (χ2v) is 7.25. The zero-order valence-corrected chi connectivity index (χ0v) is 17.2. The number of phenolic OH excluding ortho intramolecular Hbond substituents is 1. The predicted octanol–water partition coefficient (Wildman–Crippen LogP) is 2.63. The van der Waals surface area contributed by atoms with Crippen LogP contribution in [0.3, 0.4) is 0 Å². The summed E-state index contributed by atoms with van der Waals surface area (Å²) in [5, 5.41) is 17.6. The number of carbonyl (C=O) groups is 2. The number of aliphatic carboxylic acids is 1. The molecule has 0 aliphatic heterocycles. The van der Waals surface area contributed by atoms with Crippen molar-refractivity contribution in [3.8, 4) is 5.75 Å². The fourth-order valence-corrected chi connectivity index (χ4v) is 2.82. The van der Waals surface area contributed by atoms with Crippen LogP contribution in [0.2, 0.25) is 0 Å². The highest BCUT2D eigenvalue weighted by Crippen LogP contribution is 2.21. The van der Waals surface area contributed by atoms with E-state index in [0.29, 0.717) is 24.6 Å². The third kappa shape index (κ3) is 11.7. The Morgan fingerprint density at radius 3 is 2.07 bits per heavy atom. The lowest BCUT2D eigenvalue weighted by Crippen LogP contribution is -2.29. The second kappa shape index (κ2) is 15.0. The molecular formula is C21H37N3O4. The maximum absolute atomic E-state index is 10.3. The Kier molecular flexibility index (Phi) is 14.0. The molecule has 1 aromatic rings. The van der Waals surface area contributed by atoms with E-state index in [1.807, 2.05) is 0 Å². The van der Waals surface area contributed by atoms with Crippen LogP contribution in [0.4, 0.5) is 0 Å². The summed E-state index contributed by atoms with van der Waals surface area (Å²) in [5.74, 6) is -0.660. The Balaban J connectivity index is 0.000000400. The first-order chi connectivity index (χ1) is 13.2. The van der Waals surface area contributed by atoms with Crippen LogP contribution in [0.1, 0.15) is 72.9 Å². The van der Waals surface area contributed by atoms with Gasteiger partial charge in [-0.05, 0) is 69.3 Å². The Hall–Kier alpha value is -1.96. The molecule has 1 atom stereocenters. The number of aldehydes is 1. The summed E-state index contributed by atoms with van der Waals surface area (Å²) < 4.78 is 0. The van der Waals surface area contributed by atoms with Gasteiger partial charge >= 0.3 is 5.97 Å². The highest BCUT2D eigenvalue weighted by molar-refractivity contribution is 5.76. The van der Waals surface area contributed by atoms with Crippen LogP contribution in [0.5, 0.6) is 5.75 Å². The number of aryl methyl sites for hydroxylation is 2. The van der Waals surface area contributed by atoms with Gasteiger partial charge in [0.15, 0.2) is 0 Å². The number of carboxylic acids is 1. The molecular weight excluding hydrogens is 358 g/mol. The van der Waals surface area contributed by atoms with Gasteiger partial charge in [0.05, 0.1) is 0 Å². The maximum Gasteiger partial charge on any atom is 0.320 e. The Bertz CT molecular complexity index is 564. The third-order valence-electron chi connectivity index (χ3n) is 4.59. The zero-order valence-electron chi connectivity index (χ0n) is 17.2. The normalized spacial score (nSPS) is 14.8. The van der Waals surface area contributed by atoms with E-state index in [1.54, 1.807) is 26.0 Å². The minimum absolute atomic E-state index is 0.274. The monoisotopic (exact) mass is 395 g/mol. The van der Waals surface area contributed by atoms with E-state index in [4.69, 9.17) is 22.3 Å². The number of hydrogen-bond acceptors (Lipinski definition) is 6. The number of carboxylic acid groups (broad SMARTS) is 1. The number of nitrogens with two attached hydrogens (primary N) is 3. The van der Waals surface area contributed by atoms with Gasteiger partial charge in [-0.2, -0.15) is 0 Å². The molecule has 0 spiro atoms. The van der Waals surface area contributed by atoms with Gasteiger partial charge in [-0.25, -0.2) is 0 Å². The summed E-state index contributed by atoms with van der Waals surface area (Å²) in [5.41, 5.74) is 18.1. The van der Waals surface area contributed by atoms with Crippen LogP contribution < -0.4 is 17.2 Å². The van der Waals surface area contributed by atoms with Gasteiger partial charge in [0.2, 0.25) is 0 Å². The van der Waals surface area contributed by atoms with Crippen LogP contribution >= 0.6 is 0 Å². The molecule has 28 heavy (non-hydrogen) atoms. The van der Waals surface area contributed by atoms with Crippen molar-refractivity contribution in [3.05, 3.63) is 28.8 Å². The lowest BCUT2D eigenvalue weighted by molar-refractivity contribution is -0.138. The largest absolute Gasteiger partial charge is 0.507 e. The Morgan fingerprint density at radius 1 is 1.18 bits per heavy atom. The van der Waals surface area contributed by atoms with Crippen molar-refractivity contribution in [1.82, 2.24) is 0 Å². The smallest absolute Gasteiger partial charge is 0.320 e. The Labute approximate surface area is 168 Å². The van der Waals surface area contributed by atoms with E-state index in [0.717, 1.165) is 30.3 Å². The standard InChI is InChI=1S/C9H10O2.C6H14N2O2.C6H13N/c1-6-3-8(5-10)4-7(2)9(6)11;7-4-2-1-3-5(8)6(9)10;7-6-4-2-1-3-5-6/h3-5,11H,1-2H3;5H,1-4,7-8H2,(H,9,10);6H,1-5,7H2. The van der Waals surface area contributed by atoms with Crippen LogP contribution in [0, 0.1) is 13.8 Å². The minimum Gasteiger partial charge on any atom is -0.507 e. The average Bonchev–Trinajstić information content (AvgIpc) is 2.67. The number of benzene rings is 1. The summed E-state index contributed by atoms with van der Waals surface area (Å²) in [6.07, 6.45) is 9.60. The highest BCUT2D eigenvalue weighted by Gasteiger charge is 2.09. The van der Waals surface area contributed by atoms with Gasteiger partial charge in [-0.1, -0.05) is 25.7 Å². The molecule has 1 aliphatic rings. The molecule has 0 radical (unpaired) electrons. The average molecular weight is 396 g/mol. The van der Waals surface area contributed by atoms with E-state index in [2.05, 4.69) is 0 Å². The summed E-state index contributed by atoms with van der Waals surface area (Å²) in [7, 11) is 0. The first-order valence-corrected chi connectivity index (χ1v) is 9.92. The van der Waals surface area contributed by atoms with Crippen molar-refractivity contribution in [3.63, 3.8) is 0 Å². The van der Waals surface area contributed by atoms with Crippen LogP contribution in [0.15, 0.2) is 12.1 Å². The maximum atomic E-state index is 10.3. The van der Waals surface area contributed by atoms with Crippen molar-refractivity contribution in [2.24, 2.45) is 17.2 Å². The lowest BCUT2D eigenvalue weighted by Gasteiger charge is -2.15. The number of rotatable bonds is 6. The fourth-order valence-electron chi connectivity index (χ4n) is 2.82. The van der Waals surface area contributed by atoms with Crippen LogP contribution in [-0.2, 0) is 4.79 Å². The molecule has 0 amide bonds. The molecule has 1 aromatic carbocycles.